The predicted molar refractivity (Wildman–Crippen MR) is 89.4 cm³/mol. The number of ether oxygens (including phenoxy) is 2. The van der Waals surface area contributed by atoms with Gasteiger partial charge in [0.05, 0.1) is 6.04 Å². The van der Waals surface area contributed by atoms with Crippen molar-refractivity contribution in [3.63, 3.8) is 0 Å². The molecule has 0 aromatic heterocycles. The second-order valence-corrected chi connectivity index (χ2v) is 6.04. The number of nitrogens with two attached hydrogens (primary N) is 1. The average Bonchev–Trinajstić information content (AvgIpc) is 2.39. The van der Waals surface area contributed by atoms with E-state index in [1.54, 1.807) is 0 Å². The van der Waals surface area contributed by atoms with Gasteiger partial charge in [-0.15, -0.1) is 12.4 Å². The van der Waals surface area contributed by atoms with Crippen molar-refractivity contribution in [1.82, 2.24) is 5.32 Å². The van der Waals surface area contributed by atoms with Crippen molar-refractivity contribution in [2.75, 3.05) is 18.9 Å². The first-order chi connectivity index (χ1) is 9.91. The summed E-state index contributed by atoms with van der Waals surface area (Å²) in [4.78, 5) is 12.0. The monoisotopic (exact) mass is 328 g/mol. The first-order valence-corrected chi connectivity index (χ1v) is 7.37. The molecule has 1 heterocycles. The SMILES string of the molecule is CCCOCC(=O)NC1CC(C)(C)Oc2ccc(N)cc21.Cl. The quantitative estimate of drug-likeness (QED) is 0.644. The zero-order chi connectivity index (χ0) is 15.5. The van der Waals surface area contributed by atoms with Gasteiger partial charge in [-0.05, 0) is 38.5 Å². The maximum Gasteiger partial charge on any atom is 0.246 e. The van der Waals surface area contributed by atoms with Crippen LogP contribution in [-0.4, -0.2) is 24.7 Å². The number of fused-ring (bicyclic) bond motifs is 1. The molecule has 5 nitrogen and oxygen atoms in total. The van der Waals surface area contributed by atoms with E-state index < -0.39 is 0 Å². The van der Waals surface area contributed by atoms with Crippen LogP contribution in [-0.2, 0) is 9.53 Å². The van der Waals surface area contributed by atoms with Crippen LogP contribution in [0, 0.1) is 0 Å². The van der Waals surface area contributed by atoms with Crippen LogP contribution in [0.3, 0.4) is 0 Å². The third-order valence-corrected chi connectivity index (χ3v) is 3.41. The van der Waals surface area contributed by atoms with Gasteiger partial charge in [0.25, 0.3) is 0 Å². The van der Waals surface area contributed by atoms with Gasteiger partial charge in [-0.2, -0.15) is 0 Å². The summed E-state index contributed by atoms with van der Waals surface area (Å²) in [6.07, 6.45) is 1.60. The number of hydrogen-bond acceptors (Lipinski definition) is 4. The maximum absolute atomic E-state index is 12.0. The lowest BCUT2D eigenvalue weighted by atomic mass is 9.89. The fraction of sp³-hybridized carbons (Fsp3) is 0.562. The van der Waals surface area contributed by atoms with Crippen molar-refractivity contribution in [3.8, 4) is 5.75 Å². The molecule has 22 heavy (non-hydrogen) atoms. The molecule has 0 saturated carbocycles. The highest BCUT2D eigenvalue weighted by Crippen LogP contribution is 2.40. The molecule has 0 aliphatic carbocycles. The Morgan fingerprint density at radius 3 is 2.91 bits per heavy atom. The molecule has 1 unspecified atom stereocenters. The van der Waals surface area contributed by atoms with Crippen molar-refractivity contribution in [2.45, 2.75) is 45.3 Å². The zero-order valence-corrected chi connectivity index (χ0v) is 14.2. The van der Waals surface area contributed by atoms with E-state index in [4.69, 9.17) is 15.2 Å². The maximum atomic E-state index is 12.0. The van der Waals surface area contributed by atoms with E-state index in [0.717, 1.165) is 17.7 Å². The smallest absolute Gasteiger partial charge is 0.246 e. The van der Waals surface area contributed by atoms with E-state index >= 15 is 0 Å². The molecular formula is C16H25ClN2O3. The summed E-state index contributed by atoms with van der Waals surface area (Å²) in [7, 11) is 0. The van der Waals surface area contributed by atoms with E-state index in [1.807, 2.05) is 39.0 Å². The molecule has 3 N–H and O–H groups in total. The van der Waals surface area contributed by atoms with Crippen molar-refractivity contribution >= 4 is 24.0 Å². The number of benzene rings is 1. The summed E-state index contributed by atoms with van der Waals surface area (Å²) in [5.41, 5.74) is 7.11. The summed E-state index contributed by atoms with van der Waals surface area (Å²) in [6.45, 7) is 6.72. The molecule has 1 aromatic carbocycles. The third kappa shape index (κ3) is 4.78. The Kier molecular flexibility index (Phi) is 6.50. The molecule has 0 bridgehead atoms. The largest absolute Gasteiger partial charge is 0.487 e. The average molecular weight is 329 g/mol. The molecule has 124 valence electrons. The summed E-state index contributed by atoms with van der Waals surface area (Å²) in [6, 6.07) is 5.43. The highest BCUT2D eigenvalue weighted by molar-refractivity contribution is 5.85. The van der Waals surface area contributed by atoms with Gasteiger partial charge in [0.1, 0.15) is 18.0 Å². The molecule has 1 aliphatic heterocycles. The number of hydrogen-bond donors (Lipinski definition) is 2. The Bertz CT molecular complexity index is 520. The van der Waals surface area contributed by atoms with Crippen molar-refractivity contribution < 1.29 is 14.3 Å². The van der Waals surface area contributed by atoms with Crippen LogP contribution in [0.4, 0.5) is 5.69 Å². The van der Waals surface area contributed by atoms with Crippen LogP contribution in [0.1, 0.15) is 45.2 Å². The van der Waals surface area contributed by atoms with E-state index in [0.29, 0.717) is 18.7 Å². The normalized spacial score (nSPS) is 18.6. The molecule has 2 rings (SSSR count). The van der Waals surface area contributed by atoms with Crippen LogP contribution < -0.4 is 15.8 Å². The number of nitrogen functional groups attached to an aromatic ring is 1. The van der Waals surface area contributed by atoms with Crippen LogP contribution in [0.15, 0.2) is 18.2 Å². The molecule has 0 spiro atoms. The van der Waals surface area contributed by atoms with Gasteiger partial charge >= 0.3 is 0 Å². The minimum absolute atomic E-state index is 0. The number of amides is 1. The molecule has 0 saturated heterocycles. The number of nitrogens with one attached hydrogen (secondary N) is 1. The summed E-state index contributed by atoms with van der Waals surface area (Å²) in [5.74, 6) is 0.666. The molecule has 0 fully saturated rings. The Hall–Kier alpha value is -1.46. The molecule has 1 amide bonds. The lowest BCUT2D eigenvalue weighted by Crippen LogP contribution is -2.42. The summed E-state index contributed by atoms with van der Waals surface area (Å²) in [5, 5.41) is 3.02. The first-order valence-electron chi connectivity index (χ1n) is 7.37. The summed E-state index contributed by atoms with van der Waals surface area (Å²) >= 11 is 0. The van der Waals surface area contributed by atoms with Gasteiger partial charge in [0.15, 0.2) is 0 Å². The van der Waals surface area contributed by atoms with Crippen LogP contribution in [0.25, 0.3) is 0 Å². The van der Waals surface area contributed by atoms with E-state index in [1.165, 1.54) is 0 Å². The minimum Gasteiger partial charge on any atom is -0.487 e. The lowest BCUT2D eigenvalue weighted by Gasteiger charge is -2.38. The number of carbonyl (C=O) groups excluding carboxylic acids is 1. The Morgan fingerprint density at radius 2 is 2.23 bits per heavy atom. The molecule has 0 radical (unpaired) electrons. The third-order valence-electron chi connectivity index (χ3n) is 3.41. The minimum atomic E-state index is -0.328. The molecule has 1 aliphatic rings. The Balaban J connectivity index is 0.00000242. The first kappa shape index (κ1) is 18.6. The van der Waals surface area contributed by atoms with E-state index in [9.17, 15) is 4.79 Å². The van der Waals surface area contributed by atoms with Gasteiger partial charge in [0, 0.05) is 24.3 Å². The Morgan fingerprint density at radius 1 is 1.50 bits per heavy atom. The number of halogens is 1. The highest BCUT2D eigenvalue weighted by atomic mass is 35.5. The standard InChI is InChI=1S/C16H24N2O3.ClH/c1-4-7-20-10-15(19)18-13-9-16(2,3)21-14-6-5-11(17)8-12(13)14;/h5-6,8,13H,4,7,9-10,17H2,1-3H3,(H,18,19);1H. The van der Waals surface area contributed by atoms with Crippen LogP contribution >= 0.6 is 12.4 Å². The van der Waals surface area contributed by atoms with Crippen molar-refractivity contribution in [1.29, 1.82) is 0 Å². The molecular weight excluding hydrogens is 304 g/mol. The van der Waals surface area contributed by atoms with Crippen LogP contribution in [0.2, 0.25) is 0 Å². The van der Waals surface area contributed by atoms with Crippen molar-refractivity contribution in [3.05, 3.63) is 23.8 Å². The predicted octanol–water partition coefficient (Wildman–Crippen LogP) is 2.84. The van der Waals surface area contributed by atoms with Gasteiger partial charge in [0.2, 0.25) is 5.91 Å². The second kappa shape index (κ2) is 7.70. The Labute approximate surface area is 138 Å². The molecule has 6 heteroatoms. The van der Waals surface area contributed by atoms with Crippen molar-refractivity contribution in [2.24, 2.45) is 0 Å². The number of carbonyl (C=O) groups is 1. The van der Waals surface area contributed by atoms with Gasteiger partial charge < -0.3 is 20.5 Å². The van der Waals surface area contributed by atoms with Gasteiger partial charge in [-0.25, -0.2) is 0 Å². The number of rotatable bonds is 5. The topological polar surface area (TPSA) is 73.6 Å². The second-order valence-electron chi connectivity index (χ2n) is 6.04. The van der Waals surface area contributed by atoms with E-state index in [-0.39, 0.29) is 36.6 Å². The van der Waals surface area contributed by atoms with Gasteiger partial charge in [-0.1, -0.05) is 6.92 Å². The lowest BCUT2D eigenvalue weighted by molar-refractivity contribution is -0.127. The fourth-order valence-electron chi connectivity index (χ4n) is 2.55. The van der Waals surface area contributed by atoms with Crippen LogP contribution in [0.5, 0.6) is 5.75 Å². The fourth-order valence-corrected chi connectivity index (χ4v) is 2.55. The number of anilines is 1. The highest BCUT2D eigenvalue weighted by Gasteiger charge is 2.34. The zero-order valence-electron chi connectivity index (χ0n) is 13.3. The van der Waals surface area contributed by atoms with E-state index in [2.05, 4.69) is 5.32 Å². The summed E-state index contributed by atoms with van der Waals surface area (Å²) < 4.78 is 11.2. The molecule has 1 atom stereocenters. The molecule has 1 aromatic rings. The van der Waals surface area contributed by atoms with Gasteiger partial charge in [-0.3, -0.25) is 4.79 Å².